The van der Waals surface area contributed by atoms with Gasteiger partial charge in [-0.25, -0.2) is 0 Å². The molecule has 0 fully saturated rings. The Bertz CT molecular complexity index is 517. The highest BCUT2D eigenvalue weighted by atomic mass is 16.2. The number of nitrogens with one attached hydrogen (secondary N) is 1. The Morgan fingerprint density at radius 3 is 2.94 bits per heavy atom. The van der Waals surface area contributed by atoms with Crippen LogP contribution in [0.3, 0.4) is 0 Å². The molecule has 2 rings (SSSR count). The zero-order valence-corrected chi connectivity index (χ0v) is 10.4. The van der Waals surface area contributed by atoms with Gasteiger partial charge in [-0.2, -0.15) is 10.2 Å². The molecule has 0 bridgehead atoms. The molecule has 7 nitrogen and oxygen atoms in total. The number of aromatic nitrogens is 4. The summed E-state index contributed by atoms with van der Waals surface area (Å²) in [6.07, 6.45) is 6.78. The average molecular weight is 248 g/mol. The van der Waals surface area contributed by atoms with Crippen LogP contribution in [0.5, 0.6) is 0 Å². The Morgan fingerprint density at radius 1 is 1.61 bits per heavy atom. The zero-order valence-electron chi connectivity index (χ0n) is 10.4. The average Bonchev–Trinajstić information content (AvgIpc) is 2.98. The fourth-order valence-electron chi connectivity index (χ4n) is 1.70. The summed E-state index contributed by atoms with van der Waals surface area (Å²) in [5.74, 6) is -0.149. The summed E-state index contributed by atoms with van der Waals surface area (Å²) in [5, 5.41) is 10.5. The summed E-state index contributed by atoms with van der Waals surface area (Å²) in [6, 6.07) is -0.685. The van der Waals surface area contributed by atoms with Crippen molar-refractivity contribution in [3.8, 4) is 0 Å². The molecule has 18 heavy (non-hydrogen) atoms. The van der Waals surface area contributed by atoms with Crippen molar-refractivity contribution in [1.29, 1.82) is 0 Å². The lowest BCUT2D eigenvalue weighted by atomic mass is 10.1. The lowest BCUT2D eigenvalue weighted by Gasteiger charge is -2.19. The van der Waals surface area contributed by atoms with Crippen LogP contribution in [0, 0.1) is 0 Å². The van der Waals surface area contributed by atoms with Crippen LogP contribution in [-0.2, 0) is 18.4 Å². The van der Waals surface area contributed by atoms with E-state index in [4.69, 9.17) is 5.73 Å². The van der Waals surface area contributed by atoms with Crippen molar-refractivity contribution in [2.24, 2.45) is 12.8 Å². The van der Waals surface area contributed by atoms with Gasteiger partial charge in [0.15, 0.2) is 0 Å². The lowest BCUT2D eigenvalue weighted by Crippen LogP contribution is -2.35. The maximum absolute atomic E-state index is 12.1. The van der Waals surface area contributed by atoms with Gasteiger partial charge >= 0.3 is 0 Å². The van der Waals surface area contributed by atoms with Crippen molar-refractivity contribution < 1.29 is 4.79 Å². The van der Waals surface area contributed by atoms with Gasteiger partial charge in [0.1, 0.15) is 6.04 Å². The fraction of sp³-hybridized carbons (Fsp3) is 0.364. The Kier molecular flexibility index (Phi) is 3.42. The summed E-state index contributed by atoms with van der Waals surface area (Å²) in [5.41, 5.74) is 7.56. The van der Waals surface area contributed by atoms with Crippen LogP contribution in [0.4, 0.5) is 0 Å². The molecule has 0 saturated carbocycles. The minimum Gasteiger partial charge on any atom is -0.340 e. The van der Waals surface area contributed by atoms with Crippen LogP contribution >= 0.6 is 0 Å². The Balaban J connectivity index is 2.02. The summed E-state index contributed by atoms with van der Waals surface area (Å²) < 4.78 is 1.62. The third kappa shape index (κ3) is 2.57. The Morgan fingerprint density at radius 2 is 2.39 bits per heavy atom. The van der Waals surface area contributed by atoms with Gasteiger partial charge in [-0.15, -0.1) is 0 Å². The van der Waals surface area contributed by atoms with Crippen molar-refractivity contribution in [3.63, 3.8) is 0 Å². The van der Waals surface area contributed by atoms with E-state index in [0.29, 0.717) is 12.1 Å². The molecule has 0 saturated heterocycles. The van der Waals surface area contributed by atoms with Gasteiger partial charge in [0.2, 0.25) is 5.91 Å². The minimum atomic E-state index is -0.685. The summed E-state index contributed by atoms with van der Waals surface area (Å²) in [4.78, 5) is 13.7. The van der Waals surface area contributed by atoms with Crippen LogP contribution in [0.1, 0.15) is 17.2 Å². The van der Waals surface area contributed by atoms with E-state index < -0.39 is 6.04 Å². The number of rotatable bonds is 4. The first kappa shape index (κ1) is 12.3. The molecule has 0 spiro atoms. The van der Waals surface area contributed by atoms with Gasteiger partial charge in [-0.05, 0) is 0 Å². The first-order chi connectivity index (χ1) is 8.58. The normalized spacial score (nSPS) is 12.4. The quantitative estimate of drug-likeness (QED) is 0.783. The molecular formula is C11H16N6O. The second kappa shape index (κ2) is 5.01. The molecule has 7 heteroatoms. The SMILES string of the molecule is CN(Cc1cn[nH]c1)C(=O)C(N)c1cnn(C)c1. The number of hydrogen-bond acceptors (Lipinski definition) is 4. The molecule has 1 unspecified atom stereocenters. The second-order valence-electron chi connectivity index (χ2n) is 4.23. The maximum atomic E-state index is 12.1. The molecule has 2 aromatic rings. The van der Waals surface area contributed by atoms with Crippen molar-refractivity contribution in [2.75, 3.05) is 7.05 Å². The summed E-state index contributed by atoms with van der Waals surface area (Å²) >= 11 is 0. The predicted molar refractivity (Wildman–Crippen MR) is 65.2 cm³/mol. The number of amides is 1. The molecular weight excluding hydrogens is 232 g/mol. The van der Waals surface area contributed by atoms with E-state index >= 15 is 0 Å². The molecule has 1 amide bonds. The predicted octanol–water partition coefficient (Wildman–Crippen LogP) is -0.198. The molecule has 0 radical (unpaired) electrons. The molecule has 0 aromatic carbocycles. The number of carbonyl (C=O) groups is 1. The maximum Gasteiger partial charge on any atom is 0.244 e. The van der Waals surface area contributed by atoms with E-state index in [1.165, 1.54) is 0 Å². The molecule has 0 aliphatic heterocycles. The monoisotopic (exact) mass is 248 g/mol. The number of likely N-dealkylation sites (N-methyl/N-ethyl adjacent to an activating group) is 1. The van der Waals surface area contributed by atoms with Gasteiger partial charge in [0.05, 0.1) is 12.4 Å². The molecule has 3 N–H and O–H groups in total. The molecule has 2 aromatic heterocycles. The fourth-order valence-corrected chi connectivity index (χ4v) is 1.70. The molecule has 0 aliphatic carbocycles. The van der Waals surface area contributed by atoms with Crippen molar-refractivity contribution in [2.45, 2.75) is 12.6 Å². The van der Waals surface area contributed by atoms with Crippen LogP contribution in [0.2, 0.25) is 0 Å². The number of carbonyl (C=O) groups excluding carboxylic acids is 1. The van der Waals surface area contributed by atoms with E-state index in [-0.39, 0.29) is 5.91 Å². The molecule has 0 aliphatic rings. The van der Waals surface area contributed by atoms with Crippen LogP contribution in [0.25, 0.3) is 0 Å². The van der Waals surface area contributed by atoms with Gasteiger partial charge in [-0.3, -0.25) is 14.6 Å². The van der Waals surface area contributed by atoms with Crippen molar-refractivity contribution in [3.05, 3.63) is 35.9 Å². The number of nitrogens with two attached hydrogens (primary N) is 1. The molecule has 96 valence electrons. The third-order valence-electron chi connectivity index (χ3n) is 2.70. The topological polar surface area (TPSA) is 92.8 Å². The Hall–Kier alpha value is -2.15. The minimum absolute atomic E-state index is 0.149. The number of aryl methyl sites for hydroxylation is 1. The number of hydrogen-bond donors (Lipinski definition) is 2. The summed E-state index contributed by atoms with van der Waals surface area (Å²) in [7, 11) is 3.50. The van der Waals surface area contributed by atoms with Gasteiger partial charge < -0.3 is 10.6 Å². The number of nitrogens with zero attached hydrogens (tertiary/aromatic N) is 4. The first-order valence-electron chi connectivity index (χ1n) is 5.54. The van der Waals surface area contributed by atoms with Gasteiger partial charge in [-0.1, -0.05) is 0 Å². The standard InChI is InChI=1S/C11H16N6O/c1-16(6-8-3-13-14-4-8)11(18)10(12)9-5-15-17(2)7-9/h3-5,7,10H,6,12H2,1-2H3,(H,13,14). The second-order valence-corrected chi connectivity index (χ2v) is 4.23. The van der Waals surface area contributed by atoms with Crippen molar-refractivity contribution in [1.82, 2.24) is 24.9 Å². The molecule has 1 atom stereocenters. The van der Waals surface area contributed by atoms with E-state index in [9.17, 15) is 4.79 Å². The highest BCUT2D eigenvalue weighted by Gasteiger charge is 2.21. The van der Waals surface area contributed by atoms with E-state index in [2.05, 4.69) is 15.3 Å². The first-order valence-corrected chi connectivity index (χ1v) is 5.54. The van der Waals surface area contributed by atoms with Crippen LogP contribution < -0.4 is 5.73 Å². The van der Waals surface area contributed by atoms with Crippen LogP contribution in [0.15, 0.2) is 24.8 Å². The van der Waals surface area contributed by atoms with E-state index in [1.54, 1.807) is 48.5 Å². The number of aromatic amines is 1. The third-order valence-corrected chi connectivity index (χ3v) is 2.70. The number of H-pyrrole nitrogens is 1. The lowest BCUT2D eigenvalue weighted by molar-refractivity contribution is -0.131. The Labute approximate surface area is 105 Å². The highest BCUT2D eigenvalue weighted by Crippen LogP contribution is 2.12. The van der Waals surface area contributed by atoms with E-state index in [0.717, 1.165) is 5.56 Å². The summed E-state index contributed by atoms with van der Waals surface area (Å²) in [6.45, 7) is 0.475. The highest BCUT2D eigenvalue weighted by molar-refractivity contribution is 5.82. The van der Waals surface area contributed by atoms with E-state index in [1.807, 2.05) is 0 Å². The van der Waals surface area contributed by atoms with Gasteiger partial charge in [0.25, 0.3) is 0 Å². The largest absolute Gasteiger partial charge is 0.340 e. The van der Waals surface area contributed by atoms with Gasteiger partial charge in [0, 0.05) is 44.2 Å². The smallest absolute Gasteiger partial charge is 0.244 e. The van der Waals surface area contributed by atoms with Crippen molar-refractivity contribution >= 4 is 5.91 Å². The van der Waals surface area contributed by atoms with Crippen LogP contribution in [-0.4, -0.2) is 37.8 Å². The molecule has 2 heterocycles. The zero-order chi connectivity index (χ0) is 13.1.